The maximum absolute atomic E-state index is 12.3. The van der Waals surface area contributed by atoms with Crippen molar-refractivity contribution in [3.8, 4) is 0 Å². The van der Waals surface area contributed by atoms with Gasteiger partial charge in [0.05, 0.1) is 5.25 Å². The number of hydrogen-bond donors (Lipinski definition) is 1. The van der Waals surface area contributed by atoms with Crippen molar-refractivity contribution in [2.24, 2.45) is 0 Å². The lowest BCUT2D eigenvalue weighted by atomic mass is 10.1. The van der Waals surface area contributed by atoms with E-state index in [4.69, 9.17) is 13.9 Å². The van der Waals surface area contributed by atoms with Crippen LogP contribution in [0, 0.1) is 0 Å². The zero-order valence-electron chi connectivity index (χ0n) is 17.1. The Morgan fingerprint density at radius 3 is 2.48 bits per heavy atom. The maximum Gasteiger partial charge on any atom is 0.329 e. The summed E-state index contributed by atoms with van der Waals surface area (Å²) in [5, 5.41) is -0.0964. The van der Waals surface area contributed by atoms with Gasteiger partial charge >= 0.3 is 5.69 Å². The fourth-order valence-corrected chi connectivity index (χ4v) is 5.83. The van der Waals surface area contributed by atoms with Crippen molar-refractivity contribution in [2.45, 2.75) is 81.4 Å². The second-order valence-corrected chi connectivity index (χ2v) is 15.4. The molecule has 0 radical (unpaired) electrons. The largest absolute Gasteiger partial charge is 0.416 e. The Labute approximate surface area is 164 Å². The molecule has 9 heteroatoms. The molecule has 0 saturated carbocycles. The molecule has 2 fully saturated rings. The minimum absolute atomic E-state index is 0.0507. The van der Waals surface area contributed by atoms with Crippen LogP contribution in [0.4, 0.5) is 0 Å². The van der Waals surface area contributed by atoms with E-state index in [-0.39, 0.29) is 27.9 Å². The highest BCUT2D eigenvalue weighted by Crippen LogP contribution is 2.51. The van der Waals surface area contributed by atoms with Crippen LogP contribution in [0.2, 0.25) is 18.1 Å². The van der Waals surface area contributed by atoms with Gasteiger partial charge in [0.25, 0.3) is 5.56 Å². The van der Waals surface area contributed by atoms with E-state index in [2.05, 4.69) is 38.8 Å². The summed E-state index contributed by atoms with van der Waals surface area (Å²) in [7, 11) is -1.90. The zero-order valence-corrected chi connectivity index (χ0v) is 18.9. The van der Waals surface area contributed by atoms with E-state index in [0.717, 1.165) is 0 Å². The molecule has 1 N–H and O–H groups in total. The first-order valence-corrected chi connectivity index (χ1v) is 13.1. The summed E-state index contributed by atoms with van der Waals surface area (Å²) in [5.74, 6) is -0.713. The van der Waals surface area contributed by atoms with Crippen molar-refractivity contribution in [3.05, 3.63) is 33.1 Å². The smallest absolute Gasteiger partial charge is 0.329 e. The van der Waals surface area contributed by atoms with Crippen LogP contribution in [0.3, 0.4) is 0 Å². The van der Waals surface area contributed by atoms with Gasteiger partial charge in [-0.3, -0.25) is 14.3 Å². The molecule has 2 aliphatic rings. The molecule has 2 aliphatic heterocycles. The molecular formula is C18H30N2O5SSi. The maximum atomic E-state index is 12.3. The Bertz CT molecular complexity index is 813. The zero-order chi connectivity index (χ0) is 20.2. The molecule has 0 unspecified atom stereocenters. The average Bonchev–Trinajstić information content (AvgIpc) is 2.98. The Kier molecular flexibility index (Phi) is 5.31. The van der Waals surface area contributed by atoms with E-state index in [9.17, 15) is 9.59 Å². The standard InChI is InChI=1S/C18H30N2O5SSi/c1-17(2,3)27(6,7)23-10-11-13-14(25-18(4,5)24-13)15(26-11)20-9-8-12(21)19-16(20)22/h8-9,11,13-15H,10H2,1-7H3,(H,19,21,22)/t11-,13-,14-,15-/m1/s1. The van der Waals surface area contributed by atoms with Gasteiger partial charge in [0.1, 0.15) is 17.6 Å². The van der Waals surface area contributed by atoms with Crippen LogP contribution in [0.1, 0.15) is 40.0 Å². The van der Waals surface area contributed by atoms with E-state index in [1.54, 1.807) is 11.8 Å². The molecule has 4 atom stereocenters. The molecule has 1 aromatic rings. The predicted octanol–water partition coefficient (Wildman–Crippen LogP) is 2.69. The molecule has 0 aromatic carbocycles. The molecule has 0 amide bonds. The van der Waals surface area contributed by atoms with Gasteiger partial charge in [-0.25, -0.2) is 4.79 Å². The highest BCUT2D eigenvalue weighted by atomic mass is 32.2. The lowest BCUT2D eigenvalue weighted by Gasteiger charge is -2.37. The summed E-state index contributed by atoms with van der Waals surface area (Å²) in [6.07, 6.45) is 1.09. The summed E-state index contributed by atoms with van der Waals surface area (Å²) in [4.78, 5) is 26.0. The minimum Gasteiger partial charge on any atom is -0.416 e. The van der Waals surface area contributed by atoms with E-state index in [1.165, 1.54) is 16.8 Å². The number of nitrogens with one attached hydrogen (secondary N) is 1. The SMILES string of the molecule is CC1(C)O[C@@H]2[C@H](O1)[C@@H](CO[Si](C)(C)C(C)(C)C)S[C@H]2n1ccc(=O)[nH]c1=O. The third-order valence-corrected chi connectivity index (χ3v) is 11.7. The summed E-state index contributed by atoms with van der Waals surface area (Å²) in [6, 6.07) is 1.36. The second-order valence-electron chi connectivity index (χ2n) is 9.22. The number of hydrogen-bond acceptors (Lipinski definition) is 6. The first-order valence-electron chi connectivity index (χ1n) is 9.27. The molecule has 0 spiro atoms. The topological polar surface area (TPSA) is 82.6 Å². The normalized spacial score (nSPS) is 30.5. The van der Waals surface area contributed by atoms with Crippen molar-refractivity contribution >= 4 is 20.1 Å². The summed E-state index contributed by atoms with van der Waals surface area (Å²) < 4.78 is 20.2. The summed E-state index contributed by atoms with van der Waals surface area (Å²) in [6.45, 7) is 15.4. The number of thioether (sulfide) groups is 1. The molecule has 0 bridgehead atoms. The average molecular weight is 415 g/mol. The summed E-state index contributed by atoms with van der Waals surface area (Å²) >= 11 is 1.62. The van der Waals surface area contributed by atoms with E-state index >= 15 is 0 Å². The van der Waals surface area contributed by atoms with Gasteiger partial charge in [-0.2, -0.15) is 0 Å². The quantitative estimate of drug-likeness (QED) is 0.763. The Balaban J connectivity index is 1.84. The van der Waals surface area contributed by atoms with E-state index in [1.807, 2.05) is 13.8 Å². The number of fused-ring (bicyclic) bond motifs is 1. The second kappa shape index (κ2) is 6.87. The fourth-order valence-electron chi connectivity index (χ4n) is 3.15. The molecule has 7 nitrogen and oxygen atoms in total. The number of ether oxygens (including phenoxy) is 2. The lowest BCUT2D eigenvalue weighted by molar-refractivity contribution is -0.149. The fraction of sp³-hybridized carbons (Fsp3) is 0.778. The molecule has 152 valence electrons. The molecule has 1 aromatic heterocycles. The van der Waals surface area contributed by atoms with E-state index < -0.39 is 25.4 Å². The highest BCUT2D eigenvalue weighted by molar-refractivity contribution is 8.00. The third-order valence-electron chi connectivity index (χ3n) is 5.67. The molecule has 27 heavy (non-hydrogen) atoms. The van der Waals surface area contributed by atoms with Crippen LogP contribution in [0.15, 0.2) is 21.9 Å². The number of H-pyrrole nitrogens is 1. The Hall–Kier alpha value is -0.873. The van der Waals surface area contributed by atoms with Gasteiger partial charge in [0.15, 0.2) is 14.1 Å². The number of aromatic amines is 1. The Morgan fingerprint density at radius 1 is 1.26 bits per heavy atom. The number of nitrogens with zero attached hydrogens (tertiary/aromatic N) is 1. The van der Waals surface area contributed by atoms with Crippen LogP contribution >= 0.6 is 11.8 Å². The minimum atomic E-state index is -1.90. The predicted molar refractivity (Wildman–Crippen MR) is 109 cm³/mol. The van der Waals surface area contributed by atoms with Gasteiger partial charge < -0.3 is 13.9 Å². The van der Waals surface area contributed by atoms with Crippen LogP contribution in [0.25, 0.3) is 0 Å². The van der Waals surface area contributed by atoms with Crippen molar-refractivity contribution < 1.29 is 13.9 Å². The van der Waals surface area contributed by atoms with Crippen LogP contribution in [-0.2, 0) is 13.9 Å². The van der Waals surface area contributed by atoms with E-state index in [0.29, 0.717) is 6.61 Å². The first kappa shape index (κ1) is 20.9. The van der Waals surface area contributed by atoms with Gasteiger partial charge in [-0.1, -0.05) is 20.8 Å². The van der Waals surface area contributed by atoms with Crippen molar-refractivity contribution in [1.82, 2.24) is 9.55 Å². The van der Waals surface area contributed by atoms with Gasteiger partial charge in [-0.15, -0.1) is 11.8 Å². The van der Waals surface area contributed by atoms with Crippen LogP contribution in [-0.4, -0.2) is 47.7 Å². The van der Waals surface area contributed by atoms with Crippen molar-refractivity contribution in [1.29, 1.82) is 0 Å². The van der Waals surface area contributed by atoms with Crippen LogP contribution in [0.5, 0.6) is 0 Å². The van der Waals surface area contributed by atoms with Crippen molar-refractivity contribution in [2.75, 3.05) is 6.61 Å². The molecular weight excluding hydrogens is 384 g/mol. The number of rotatable bonds is 4. The van der Waals surface area contributed by atoms with Crippen LogP contribution < -0.4 is 11.2 Å². The molecule has 3 rings (SSSR count). The third kappa shape index (κ3) is 4.12. The van der Waals surface area contributed by atoms with Gasteiger partial charge in [-0.05, 0) is 32.0 Å². The highest BCUT2D eigenvalue weighted by Gasteiger charge is 2.56. The monoisotopic (exact) mass is 414 g/mol. The van der Waals surface area contributed by atoms with Gasteiger partial charge in [0, 0.05) is 18.9 Å². The lowest BCUT2D eigenvalue weighted by Crippen LogP contribution is -2.43. The van der Waals surface area contributed by atoms with Crippen molar-refractivity contribution in [3.63, 3.8) is 0 Å². The molecule has 3 heterocycles. The number of aromatic nitrogens is 2. The summed E-state index contributed by atoms with van der Waals surface area (Å²) in [5.41, 5.74) is -0.837. The van der Waals surface area contributed by atoms with Gasteiger partial charge in [0.2, 0.25) is 0 Å². The Morgan fingerprint density at radius 2 is 1.89 bits per heavy atom. The molecule has 0 aliphatic carbocycles. The first-order chi connectivity index (χ1) is 12.3. The molecule has 2 saturated heterocycles.